The summed E-state index contributed by atoms with van der Waals surface area (Å²) in [4.78, 5) is 23.3. The van der Waals surface area contributed by atoms with Crippen molar-refractivity contribution >= 4 is 19.0 Å². The molecular formula is C17H18BNO7. The second-order valence-corrected chi connectivity index (χ2v) is 5.54. The topological polar surface area (TPSA) is 136 Å². The van der Waals surface area contributed by atoms with Gasteiger partial charge < -0.3 is 30.3 Å². The van der Waals surface area contributed by atoms with Crippen LogP contribution in [0.3, 0.4) is 0 Å². The Morgan fingerprint density at radius 3 is 2.35 bits per heavy atom. The number of methoxy groups -OCH3 is 1. The Morgan fingerprint density at radius 1 is 1.15 bits per heavy atom. The maximum Gasteiger partial charge on any atom is 0.475 e. The highest BCUT2D eigenvalue weighted by molar-refractivity contribution is 6.43. The predicted molar refractivity (Wildman–Crippen MR) is 93.2 cm³/mol. The molecule has 1 atom stereocenters. The summed E-state index contributed by atoms with van der Waals surface area (Å²) in [6.45, 7) is 0. The quantitative estimate of drug-likeness (QED) is 0.453. The summed E-state index contributed by atoms with van der Waals surface area (Å²) in [5.41, 5.74) is 0.133. The highest BCUT2D eigenvalue weighted by atomic mass is 16.5. The molecule has 1 unspecified atom stereocenters. The number of carbonyl (C=O) groups excluding carboxylic acids is 1. The number of ether oxygens (including phenoxy) is 1. The largest absolute Gasteiger partial charge is 0.507 e. The van der Waals surface area contributed by atoms with Crippen LogP contribution < -0.4 is 10.1 Å². The highest BCUT2D eigenvalue weighted by Crippen LogP contribution is 2.24. The Morgan fingerprint density at radius 2 is 1.81 bits per heavy atom. The van der Waals surface area contributed by atoms with Crippen LogP contribution in [0.4, 0.5) is 0 Å². The molecule has 26 heavy (non-hydrogen) atoms. The molecular weight excluding hydrogens is 341 g/mol. The van der Waals surface area contributed by atoms with Crippen molar-refractivity contribution in [2.45, 2.75) is 12.4 Å². The van der Waals surface area contributed by atoms with Crippen molar-refractivity contribution in [1.29, 1.82) is 0 Å². The number of aromatic carboxylic acids is 1. The predicted octanol–water partition coefficient (Wildman–Crippen LogP) is 0.452. The molecule has 0 heterocycles. The van der Waals surface area contributed by atoms with E-state index < -0.39 is 30.7 Å². The smallest absolute Gasteiger partial charge is 0.475 e. The maximum atomic E-state index is 12.3. The van der Waals surface area contributed by atoms with Gasteiger partial charge in [0.15, 0.2) is 0 Å². The van der Waals surface area contributed by atoms with Crippen molar-refractivity contribution in [2.24, 2.45) is 0 Å². The van der Waals surface area contributed by atoms with Gasteiger partial charge in [-0.2, -0.15) is 0 Å². The molecule has 136 valence electrons. The van der Waals surface area contributed by atoms with E-state index in [1.807, 2.05) is 0 Å². The minimum absolute atomic E-state index is 0.165. The number of nitrogens with one attached hydrogen (secondary N) is 1. The van der Waals surface area contributed by atoms with Crippen LogP contribution in [0.1, 0.15) is 26.3 Å². The van der Waals surface area contributed by atoms with Crippen LogP contribution >= 0.6 is 0 Å². The standard InChI is InChI=1S/C17H18BNO7/c1-26-12-7-5-10(6-8-12)16(21)19-14(18(24)25)9-11-3-2-4-13(15(11)20)17(22)23/h2-8,14,20,24-25H,9H2,1H3,(H,19,21)(H,22,23). The lowest BCUT2D eigenvalue weighted by Gasteiger charge is -2.19. The highest BCUT2D eigenvalue weighted by Gasteiger charge is 2.28. The fourth-order valence-corrected chi connectivity index (χ4v) is 2.39. The van der Waals surface area contributed by atoms with Crippen LogP contribution in [0.25, 0.3) is 0 Å². The third-order valence-corrected chi connectivity index (χ3v) is 3.82. The molecule has 0 bridgehead atoms. The molecule has 0 aliphatic rings. The number of hydrogen-bond acceptors (Lipinski definition) is 6. The first-order valence-electron chi connectivity index (χ1n) is 7.68. The molecule has 0 aliphatic carbocycles. The number of aromatic hydroxyl groups is 1. The summed E-state index contributed by atoms with van der Waals surface area (Å²) in [6, 6.07) is 10.3. The van der Waals surface area contributed by atoms with Gasteiger partial charge in [0.05, 0.1) is 13.1 Å². The van der Waals surface area contributed by atoms with E-state index in [2.05, 4.69) is 5.32 Å². The number of carboxylic acids is 1. The molecule has 2 aromatic rings. The molecule has 2 aromatic carbocycles. The summed E-state index contributed by atoms with van der Waals surface area (Å²) >= 11 is 0. The summed E-state index contributed by atoms with van der Waals surface area (Å²) in [5, 5.41) is 40.6. The van der Waals surface area contributed by atoms with E-state index in [0.717, 1.165) is 0 Å². The first kappa shape index (κ1) is 19.3. The van der Waals surface area contributed by atoms with Gasteiger partial charge in [0.1, 0.15) is 17.1 Å². The Balaban J connectivity index is 2.17. The van der Waals surface area contributed by atoms with Gasteiger partial charge in [0.2, 0.25) is 0 Å². The third kappa shape index (κ3) is 4.53. The minimum atomic E-state index is -1.91. The maximum absolute atomic E-state index is 12.3. The molecule has 5 N–H and O–H groups in total. The van der Waals surface area contributed by atoms with E-state index >= 15 is 0 Å². The van der Waals surface area contributed by atoms with Crippen LogP contribution in [-0.2, 0) is 6.42 Å². The molecule has 0 radical (unpaired) electrons. The zero-order valence-electron chi connectivity index (χ0n) is 13.9. The van der Waals surface area contributed by atoms with Crippen molar-refractivity contribution in [3.63, 3.8) is 0 Å². The van der Waals surface area contributed by atoms with E-state index in [9.17, 15) is 24.7 Å². The molecule has 0 aliphatic heterocycles. The molecule has 0 spiro atoms. The zero-order valence-corrected chi connectivity index (χ0v) is 13.9. The second-order valence-electron chi connectivity index (χ2n) is 5.54. The number of rotatable bonds is 7. The minimum Gasteiger partial charge on any atom is -0.507 e. The van der Waals surface area contributed by atoms with Gasteiger partial charge in [-0.25, -0.2) is 4.79 Å². The second kappa shape index (κ2) is 8.37. The fraction of sp³-hybridized carbons (Fsp3) is 0.176. The van der Waals surface area contributed by atoms with Gasteiger partial charge >= 0.3 is 13.1 Å². The van der Waals surface area contributed by atoms with E-state index in [1.54, 1.807) is 12.1 Å². The molecule has 0 saturated carbocycles. The van der Waals surface area contributed by atoms with Crippen LogP contribution in [-0.4, -0.2) is 52.3 Å². The van der Waals surface area contributed by atoms with Gasteiger partial charge in [0.25, 0.3) is 5.91 Å². The number of phenols is 1. The Labute approximate surface area is 149 Å². The van der Waals surface area contributed by atoms with Gasteiger partial charge in [-0.15, -0.1) is 0 Å². The molecule has 9 heteroatoms. The van der Waals surface area contributed by atoms with Gasteiger partial charge in [-0.3, -0.25) is 4.79 Å². The van der Waals surface area contributed by atoms with Gasteiger partial charge in [-0.1, -0.05) is 12.1 Å². The van der Waals surface area contributed by atoms with Crippen molar-refractivity contribution in [3.05, 3.63) is 59.2 Å². The lowest BCUT2D eigenvalue weighted by Crippen LogP contribution is -2.47. The van der Waals surface area contributed by atoms with Crippen molar-refractivity contribution in [2.75, 3.05) is 7.11 Å². The van der Waals surface area contributed by atoms with Crippen LogP contribution in [0, 0.1) is 0 Å². The van der Waals surface area contributed by atoms with Crippen molar-refractivity contribution in [1.82, 2.24) is 5.32 Å². The Kier molecular flexibility index (Phi) is 6.21. The molecule has 2 rings (SSSR count). The van der Waals surface area contributed by atoms with Gasteiger partial charge in [-0.05, 0) is 42.3 Å². The van der Waals surface area contributed by atoms with Crippen LogP contribution in [0.15, 0.2) is 42.5 Å². The van der Waals surface area contributed by atoms with Gasteiger partial charge in [0, 0.05) is 5.56 Å². The number of carboxylic acid groups (broad SMARTS) is 1. The zero-order chi connectivity index (χ0) is 19.3. The molecule has 0 aromatic heterocycles. The average molecular weight is 359 g/mol. The Hall–Kier alpha value is -3.04. The molecule has 1 amide bonds. The summed E-state index contributed by atoms with van der Waals surface area (Å²) in [5.74, 6) is -2.94. The normalized spacial score (nSPS) is 11.5. The molecule has 0 saturated heterocycles. The van der Waals surface area contributed by atoms with E-state index in [4.69, 9.17) is 9.84 Å². The summed E-state index contributed by atoms with van der Waals surface area (Å²) in [6.07, 6.45) is -0.174. The summed E-state index contributed by atoms with van der Waals surface area (Å²) in [7, 11) is -0.421. The molecule has 8 nitrogen and oxygen atoms in total. The van der Waals surface area contributed by atoms with Crippen molar-refractivity contribution < 1.29 is 34.6 Å². The number of amides is 1. The number of hydrogen-bond donors (Lipinski definition) is 5. The summed E-state index contributed by atoms with van der Waals surface area (Å²) < 4.78 is 5.00. The molecule has 0 fully saturated rings. The van der Waals surface area contributed by atoms with E-state index in [-0.39, 0.29) is 23.1 Å². The van der Waals surface area contributed by atoms with E-state index in [0.29, 0.717) is 5.75 Å². The lowest BCUT2D eigenvalue weighted by atomic mass is 9.75. The average Bonchev–Trinajstić information content (AvgIpc) is 2.62. The first-order valence-corrected chi connectivity index (χ1v) is 7.68. The lowest BCUT2D eigenvalue weighted by molar-refractivity contribution is 0.0693. The third-order valence-electron chi connectivity index (χ3n) is 3.82. The number of benzene rings is 2. The van der Waals surface area contributed by atoms with Crippen LogP contribution in [0.5, 0.6) is 11.5 Å². The number of carbonyl (C=O) groups is 2. The monoisotopic (exact) mass is 359 g/mol. The first-order chi connectivity index (χ1) is 12.3. The van der Waals surface area contributed by atoms with Crippen LogP contribution in [0.2, 0.25) is 0 Å². The fourth-order valence-electron chi connectivity index (χ4n) is 2.39. The number of para-hydroxylation sites is 1. The SMILES string of the molecule is COc1ccc(C(=O)NC(Cc2cccc(C(=O)O)c2O)B(O)O)cc1. The Bertz CT molecular complexity index is 792. The van der Waals surface area contributed by atoms with E-state index in [1.165, 1.54) is 37.4 Å². The van der Waals surface area contributed by atoms with Crippen molar-refractivity contribution in [3.8, 4) is 11.5 Å².